The fourth-order valence-corrected chi connectivity index (χ4v) is 3.67. The van der Waals surface area contributed by atoms with Crippen LogP contribution in [0, 0.1) is 2.88 Å². The molecule has 0 spiro atoms. The highest BCUT2D eigenvalue weighted by Crippen LogP contribution is 2.38. The highest BCUT2D eigenvalue weighted by atomic mass is 127. The van der Waals surface area contributed by atoms with Crippen molar-refractivity contribution in [3.8, 4) is 0 Å². The molecule has 0 fully saturated rings. The maximum absolute atomic E-state index is 4.40. The quantitative estimate of drug-likeness (QED) is 0.516. The summed E-state index contributed by atoms with van der Waals surface area (Å²) in [6.45, 7) is 2.20. The summed E-state index contributed by atoms with van der Waals surface area (Å²) in [7, 11) is 0. The summed E-state index contributed by atoms with van der Waals surface area (Å²) in [5, 5.41) is 2.21. The molecule has 84 valence electrons. The van der Waals surface area contributed by atoms with Crippen LogP contribution in [0.1, 0.15) is 28.9 Å². The molecule has 0 bridgehead atoms. The standard InChI is InChI=1S/C12H11BrINS/c1-8(10-4-2-3-5-15-10)12(13)9-6-11(14)16-7-9/h2-8,12H,1H3. The van der Waals surface area contributed by atoms with Gasteiger partial charge in [-0.3, -0.25) is 4.98 Å². The van der Waals surface area contributed by atoms with Gasteiger partial charge in [0.1, 0.15) is 0 Å². The molecular weight excluding hydrogens is 397 g/mol. The Kier molecular flexibility index (Phi) is 4.38. The van der Waals surface area contributed by atoms with E-state index in [2.05, 4.69) is 67.9 Å². The van der Waals surface area contributed by atoms with Gasteiger partial charge < -0.3 is 0 Å². The number of hydrogen-bond acceptors (Lipinski definition) is 2. The van der Waals surface area contributed by atoms with Crippen molar-refractivity contribution in [3.05, 3.63) is 50.0 Å². The second kappa shape index (κ2) is 5.60. The topological polar surface area (TPSA) is 12.9 Å². The minimum atomic E-state index is 0.335. The number of rotatable bonds is 3. The van der Waals surface area contributed by atoms with Crippen molar-refractivity contribution in [3.63, 3.8) is 0 Å². The van der Waals surface area contributed by atoms with Crippen LogP contribution in [0.25, 0.3) is 0 Å². The highest BCUT2D eigenvalue weighted by Gasteiger charge is 2.19. The molecule has 2 rings (SSSR count). The molecule has 0 saturated carbocycles. The number of aromatic nitrogens is 1. The summed E-state index contributed by atoms with van der Waals surface area (Å²) in [4.78, 5) is 4.74. The van der Waals surface area contributed by atoms with E-state index in [1.165, 1.54) is 8.45 Å². The average Bonchev–Trinajstić information content (AvgIpc) is 2.75. The molecule has 4 heteroatoms. The first-order valence-electron chi connectivity index (χ1n) is 4.97. The van der Waals surface area contributed by atoms with Gasteiger partial charge in [0.2, 0.25) is 0 Å². The van der Waals surface area contributed by atoms with Crippen molar-refractivity contribution in [1.29, 1.82) is 0 Å². The van der Waals surface area contributed by atoms with Crippen LogP contribution in [0.4, 0.5) is 0 Å². The van der Waals surface area contributed by atoms with Crippen LogP contribution in [-0.2, 0) is 0 Å². The third-order valence-electron chi connectivity index (χ3n) is 2.50. The Hall–Kier alpha value is 0.0600. The summed E-state index contributed by atoms with van der Waals surface area (Å²) in [6, 6.07) is 8.29. The van der Waals surface area contributed by atoms with Gasteiger partial charge in [-0.2, -0.15) is 0 Å². The van der Waals surface area contributed by atoms with E-state index in [0.717, 1.165) is 5.69 Å². The van der Waals surface area contributed by atoms with Crippen LogP contribution < -0.4 is 0 Å². The van der Waals surface area contributed by atoms with Gasteiger partial charge in [0, 0.05) is 22.6 Å². The van der Waals surface area contributed by atoms with Crippen molar-refractivity contribution in [2.24, 2.45) is 0 Å². The zero-order valence-electron chi connectivity index (χ0n) is 8.73. The van der Waals surface area contributed by atoms with Crippen molar-refractivity contribution in [2.45, 2.75) is 17.7 Å². The lowest BCUT2D eigenvalue weighted by Crippen LogP contribution is -2.02. The second-order valence-electron chi connectivity index (χ2n) is 3.63. The van der Waals surface area contributed by atoms with Gasteiger partial charge in [-0.1, -0.05) is 28.9 Å². The molecule has 2 aromatic heterocycles. The maximum Gasteiger partial charge on any atom is 0.0656 e. The summed E-state index contributed by atoms with van der Waals surface area (Å²) < 4.78 is 1.32. The summed E-state index contributed by atoms with van der Waals surface area (Å²) >= 11 is 7.90. The molecule has 2 atom stereocenters. The molecule has 0 radical (unpaired) electrons. The summed E-state index contributed by atoms with van der Waals surface area (Å²) in [6.07, 6.45) is 1.85. The van der Waals surface area contributed by atoms with Crippen molar-refractivity contribution >= 4 is 49.9 Å². The molecule has 2 aromatic rings. The van der Waals surface area contributed by atoms with Gasteiger partial charge in [-0.25, -0.2) is 0 Å². The molecule has 2 unspecified atom stereocenters. The molecule has 2 heterocycles. The normalized spacial score (nSPS) is 14.7. The molecule has 16 heavy (non-hydrogen) atoms. The Balaban J connectivity index is 2.19. The van der Waals surface area contributed by atoms with E-state index in [1.807, 2.05) is 18.3 Å². The molecule has 0 amide bonds. The van der Waals surface area contributed by atoms with Gasteiger partial charge in [-0.15, -0.1) is 11.3 Å². The SMILES string of the molecule is CC(c1ccccn1)C(Br)c1csc(I)c1. The van der Waals surface area contributed by atoms with E-state index in [1.54, 1.807) is 11.3 Å². The van der Waals surface area contributed by atoms with Crippen molar-refractivity contribution in [2.75, 3.05) is 0 Å². The van der Waals surface area contributed by atoms with E-state index >= 15 is 0 Å². The zero-order valence-corrected chi connectivity index (χ0v) is 13.3. The third-order valence-corrected chi connectivity index (χ3v) is 5.63. The van der Waals surface area contributed by atoms with Crippen LogP contribution in [0.3, 0.4) is 0 Å². The first-order valence-corrected chi connectivity index (χ1v) is 7.85. The molecule has 0 aliphatic heterocycles. The van der Waals surface area contributed by atoms with Gasteiger partial charge in [0.15, 0.2) is 0 Å². The minimum absolute atomic E-state index is 0.335. The van der Waals surface area contributed by atoms with E-state index in [0.29, 0.717) is 10.7 Å². The Morgan fingerprint density at radius 3 is 2.81 bits per heavy atom. The van der Waals surface area contributed by atoms with Gasteiger partial charge in [0.25, 0.3) is 0 Å². The molecule has 0 aliphatic carbocycles. The number of pyridine rings is 1. The van der Waals surface area contributed by atoms with Crippen molar-refractivity contribution < 1.29 is 0 Å². The van der Waals surface area contributed by atoms with Crippen LogP contribution in [0.15, 0.2) is 35.8 Å². The van der Waals surface area contributed by atoms with Gasteiger partial charge in [0.05, 0.1) is 2.88 Å². The number of thiophene rings is 1. The number of halogens is 2. The van der Waals surface area contributed by atoms with Crippen LogP contribution in [-0.4, -0.2) is 4.98 Å². The summed E-state index contributed by atoms with van der Waals surface area (Å²) in [5.41, 5.74) is 2.47. The predicted molar refractivity (Wildman–Crippen MR) is 81.4 cm³/mol. The minimum Gasteiger partial charge on any atom is -0.261 e. The van der Waals surface area contributed by atoms with E-state index in [-0.39, 0.29) is 0 Å². The molecule has 0 aliphatic rings. The highest BCUT2D eigenvalue weighted by molar-refractivity contribution is 14.1. The van der Waals surface area contributed by atoms with E-state index < -0.39 is 0 Å². The molecule has 0 aromatic carbocycles. The largest absolute Gasteiger partial charge is 0.261 e. The second-order valence-corrected chi connectivity index (χ2v) is 7.42. The predicted octanol–water partition coefficient (Wildman–Crippen LogP) is 4.99. The third kappa shape index (κ3) is 2.84. The number of hydrogen-bond donors (Lipinski definition) is 0. The number of alkyl halides is 1. The Bertz CT molecular complexity index is 457. The lowest BCUT2D eigenvalue weighted by atomic mass is 9.99. The number of nitrogens with zero attached hydrogens (tertiary/aromatic N) is 1. The maximum atomic E-state index is 4.40. The lowest BCUT2D eigenvalue weighted by molar-refractivity contribution is 0.726. The molecule has 1 nitrogen and oxygen atoms in total. The zero-order chi connectivity index (χ0) is 11.5. The Labute approximate surface area is 122 Å². The lowest BCUT2D eigenvalue weighted by Gasteiger charge is -2.16. The first-order chi connectivity index (χ1) is 7.68. The summed E-state index contributed by atoms with van der Waals surface area (Å²) in [5.74, 6) is 0.381. The molecule has 0 saturated heterocycles. The van der Waals surface area contributed by atoms with Crippen LogP contribution in [0.2, 0.25) is 0 Å². The fourth-order valence-electron chi connectivity index (χ4n) is 1.55. The Morgan fingerprint density at radius 2 is 2.25 bits per heavy atom. The van der Waals surface area contributed by atoms with Crippen LogP contribution in [0.5, 0.6) is 0 Å². The monoisotopic (exact) mass is 407 g/mol. The van der Waals surface area contributed by atoms with E-state index in [4.69, 9.17) is 0 Å². The van der Waals surface area contributed by atoms with Crippen LogP contribution >= 0.6 is 49.9 Å². The van der Waals surface area contributed by atoms with E-state index in [9.17, 15) is 0 Å². The van der Waals surface area contributed by atoms with Crippen molar-refractivity contribution in [1.82, 2.24) is 4.98 Å². The average molecular weight is 408 g/mol. The molecular formula is C12H11BrINS. The van der Waals surface area contributed by atoms with Gasteiger partial charge in [-0.05, 0) is 51.7 Å². The molecule has 0 N–H and O–H groups in total. The Morgan fingerprint density at radius 1 is 1.44 bits per heavy atom. The van der Waals surface area contributed by atoms with Gasteiger partial charge >= 0.3 is 0 Å². The smallest absolute Gasteiger partial charge is 0.0656 e. The fraction of sp³-hybridized carbons (Fsp3) is 0.250. The first kappa shape index (κ1) is 12.5.